The first-order chi connectivity index (χ1) is 13.2. The van der Waals surface area contributed by atoms with Crippen molar-refractivity contribution in [3.05, 3.63) is 35.4 Å². The molecule has 2 N–H and O–H groups in total. The minimum absolute atomic E-state index is 0. The summed E-state index contributed by atoms with van der Waals surface area (Å²) in [5.41, 5.74) is 2.67. The van der Waals surface area contributed by atoms with E-state index in [2.05, 4.69) is 53.1 Å². The predicted octanol–water partition coefficient (Wildman–Crippen LogP) is 3.67. The van der Waals surface area contributed by atoms with Crippen molar-refractivity contribution in [3.8, 4) is 0 Å². The Morgan fingerprint density at radius 1 is 1.18 bits per heavy atom. The molecule has 28 heavy (non-hydrogen) atoms. The van der Waals surface area contributed by atoms with Crippen molar-refractivity contribution in [1.29, 1.82) is 0 Å². The third-order valence-corrected chi connectivity index (χ3v) is 5.41. The number of guanidine groups is 1. The van der Waals surface area contributed by atoms with Crippen LogP contribution in [0.25, 0.3) is 0 Å². The van der Waals surface area contributed by atoms with Crippen molar-refractivity contribution < 1.29 is 4.79 Å². The maximum absolute atomic E-state index is 12.5. The molecule has 0 saturated heterocycles. The average molecular weight is 519 g/mol. The van der Waals surface area contributed by atoms with E-state index in [0.29, 0.717) is 13.0 Å². The molecule has 0 saturated carbocycles. The van der Waals surface area contributed by atoms with Gasteiger partial charge in [0, 0.05) is 39.1 Å². The van der Waals surface area contributed by atoms with Crippen LogP contribution in [0.1, 0.15) is 43.7 Å². The number of amides is 1. The van der Waals surface area contributed by atoms with Gasteiger partial charge in [-0.1, -0.05) is 24.3 Å². The summed E-state index contributed by atoms with van der Waals surface area (Å²) >= 11 is 1.89. The monoisotopic (exact) mass is 518 g/mol. The number of thioether (sulfide) groups is 1. The van der Waals surface area contributed by atoms with Crippen LogP contribution in [0.15, 0.2) is 29.3 Å². The second kappa shape index (κ2) is 15.0. The highest BCUT2D eigenvalue weighted by atomic mass is 127. The van der Waals surface area contributed by atoms with E-state index in [9.17, 15) is 4.79 Å². The van der Waals surface area contributed by atoms with E-state index < -0.39 is 0 Å². The first-order valence-electron chi connectivity index (χ1n) is 10.1. The van der Waals surface area contributed by atoms with Crippen molar-refractivity contribution in [2.24, 2.45) is 4.99 Å². The highest BCUT2D eigenvalue weighted by Crippen LogP contribution is 2.19. The van der Waals surface area contributed by atoms with Crippen LogP contribution in [0.2, 0.25) is 0 Å². The summed E-state index contributed by atoms with van der Waals surface area (Å²) in [5, 5.41) is 6.65. The lowest BCUT2D eigenvalue weighted by atomic mass is 9.99. The van der Waals surface area contributed by atoms with Crippen molar-refractivity contribution in [1.82, 2.24) is 15.5 Å². The van der Waals surface area contributed by atoms with Gasteiger partial charge in [-0.15, -0.1) is 24.0 Å². The van der Waals surface area contributed by atoms with E-state index in [1.807, 2.05) is 16.7 Å². The molecule has 158 valence electrons. The summed E-state index contributed by atoms with van der Waals surface area (Å²) in [6.07, 6.45) is 6.84. The topological polar surface area (TPSA) is 56.7 Å². The Bertz CT molecular complexity index is 612. The zero-order chi connectivity index (χ0) is 19.3. The number of unbranched alkanes of at least 4 members (excludes halogenated alkanes) is 1. The third kappa shape index (κ3) is 9.03. The lowest BCUT2D eigenvalue weighted by Gasteiger charge is -2.28. The number of hydrogen-bond acceptors (Lipinski definition) is 3. The molecule has 0 fully saturated rings. The number of rotatable bonds is 10. The molecule has 2 rings (SSSR count). The normalized spacial score (nSPS) is 13.5. The zero-order valence-electron chi connectivity index (χ0n) is 17.2. The highest BCUT2D eigenvalue weighted by molar-refractivity contribution is 14.0. The van der Waals surface area contributed by atoms with Crippen molar-refractivity contribution in [2.75, 3.05) is 38.2 Å². The quantitative estimate of drug-likeness (QED) is 0.215. The number of fused-ring (bicyclic) bond motifs is 1. The fourth-order valence-corrected chi connectivity index (χ4v) is 3.70. The molecule has 5 nitrogen and oxygen atoms in total. The SMILES string of the molecule is CCNC(=NCCCC(=O)N1CCc2ccccc2C1)NCCCCSC.I. The van der Waals surface area contributed by atoms with Crippen LogP contribution in [0, 0.1) is 0 Å². The minimum Gasteiger partial charge on any atom is -0.357 e. The smallest absolute Gasteiger partial charge is 0.222 e. The fraction of sp³-hybridized carbons (Fsp3) is 0.619. The van der Waals surface area contributed by atoms with Gasteiger partial charge in [0.2, 0.25) is 5.91 Å². The summed E-state index contributed by atoms with van der Waals surface area (Å²) in [7, 11) is 0. The van der Waals surface area contributed by atoms with Gasteiger partial charge in [-0.3, -0.25) is 9.79 Å². The number of hydrogen-bond donors (Lipinski definition) is 2. The van der Waals surface area contributed by atoms with Crippen LogP contribution >= 0.6 is 35.7 Å². The first-order valence-corrected chi connectivity index (χ1v) is 11.5. The van der Waals surface area contributed by atoms with Crippen LogP contribution in [-0.4, -0.2) is 55.0 Å². The number of nitrogens with one attached hydrogen (secondary N) is 2. The highest BCUT2D eigenvalue weighted by Gasteiger charge is 2.19. The van der Waals surface area contributed by atoms with Gasteiger partial charge in [0.25, 0.3) is 0 Å². The zero-order valence-corrected chi connectivity index (χ0v) is 20.4. The Morgan fingerprint density at radius 3 is 2.71 bits per heavy atom. The van der Waals surface area contributed by atoms with Crippen LogP contribution in [-0.2, 0) is 17.8 Å². The number of halogens is 1. The van der Waals surface area contributed by atoms with E-state index in [-0.39, 0.29) is 29.9 Å². The molecule has 0 unspecified atom stereocenters. The van der Waals surface area contributed by atoms with Crippen molar-refractivity contribution >= 4 is 47.6 Å². The van der Waals surface area contributed by atoms with Gasteiger partial charge >= 0.3 is 0 Å². The van der Waals surface area contributed by atoms with Crippen LogP contribution < -0.4 is 10.6 Å². The molecule has 0 atom stereocenters. The number of carbonyl (C=O) groups is 1. The Hall–Kier alpha value is -0.960. The van der Waals surface area contributed by atoms with Crippen molar-refractivity contribution in [3.63, 3.8) is 0 Å². The lowest BCUT2D eigenvalue weighted by molar-refractivity contribution is -0.132. The summed E-state index contributed by atoms with van der Waals surface area (Å²) in [4.78, 5) is 19.1. The number of nitrogens with zero attached hydrogens (tertiary/aromatic N) is 2. The third-order valence-electron chi connectivity index (χ3n) is 4.71. The van der Waals surface area contributed by atoms with Gasteiger partial charge in [0.1, 0.15) is 0 Å². The second-order valence-electron chi connectivity index (χ2n) is 6.82. The molecular weight excluding hydrogens is 483 g/mol. The minimum atomic E-state index is 0. The van der Waals surface area contributed by atoms with Crippen LogP contribution in [0.4, 0.5) is 0 Å². The number of carbonyl (C=O) groups excluding carboxylic acids is 1. The van der Waals surface area contributed by atoms with Crippen LogP contribution in [0.5, 0.6) is 0 Å². The molecule has 0 bridgehead atoms. The molecule has 0 spiro atoms. The van der Waals surface area contributed by atoms with Gasteiger partial charge < -0.3 is 15.5 Å². The molecule has 0 aliphatic carbocycles. The summed E-state index contributed by atoms with van der Waals surface area (Å²) in [6, 6.07) is 8.43. The number of aliphatic imine (C=N–C) groups is 1. The molecule has 1 aliphatic rings. The maximum Gasteiger partial charge on any atom is 0.222 e. The predicted molar refractivity (Wildman–Crippen MR) is 132 cm³/mol. The van der Waals surface area contributed by atoms with Crippen LogP contribution in [0.3, 0.4) is 0 Å². The largest absolute Gasteiger partial charge is 0.357 e. The molecule has 1 aromatic rings. The van der Waals surface area contributed by atoms with E-state index in [0.717, 1.165) is 51.4 Å². The van der Waals surface area contributed by atoms with Gasteiger partial charge in [0.15, 0.2) is 5.96 Å². The second-order valence-corrected chi connectivity index (χ2v) is 7.81. The van der Waals surface area contributed by atoms with Gasteiger partial charge in [-0.05, 0) is 55.7 Å². The Morgan fingerprint density at radius 2 is 1.96 bits per heavy atom. The molecular formula is C21H35IN4OS. The average Bonchev–Trinajstić information content (AvgIpc) is 2.70. The van der Waals surface area contributed by atoms with E-state index >= 15 is 0 Å². The molecule has 1 amide bonds. The fourth-order valence-electron chi connectivity index (χ4n) is 3.21. The molecule has 1 aliphatic heterocycles. The number of benzene rings is 1. The van der Waals surface area contributed by atoms with E-state index in [1.165, 1.54) is 23.3 Å². The maximum atomic E-state index is 12.5. The standard InChI is InChI=1S/C21H34N4OS.HI/c1-3-22-21(23-13-6-7-16-27-2)24-14-8-11-20(26)25-15-12-18-9-4-5-10-19(18)17-25;/h4-5,9-10H,3,6-8,11-17H2,1-2H3,(H2,22,23,24);1H. The lowest BCUT2D eigenvalue weighted by Crippen LogP contribution is -2.38. The molecule has 0 aromatic heterocycles. The molecule has 7 heteroatoms. The van der Waals surface area contributed by atoms with Crippen molar-refractivity contribution in [2.45, 2.75) is 45.6 Å². The Balaban J connectivity index is 0.00000392. The summed E-state index contributed by atoms with van der Waals surface area (Å²) in [5.74, 6) is 2.31. The van der Waals surface area contributed by atoms with Gasteiger partial charge in [0.05, 0.1) is 0 Å². The Kier molecular flexibility index (Phi) is 13.4. The van der Waals surface area contributed by atoms with Gasteiger partial charge in [-0.25, -0.2) is 0 Å². The van der Waals surface area contributed by atoms with E-state index in [4.69, 9.17) is 0 Å². The summed E-state index contributed by atoms with van der Waals surface area (Å²) in [6.45, 7) is 6.12. The van der Waals surface area contributed by atoms with Gasteiger partial charge in [-0.2, -0.15) is 11.8 Å². The molecule has 1 aromatic carbocycles. The van der Waals surface area contributed by atoms with E-state index in [1.54, 1.807) is 0 Å². The Labute approximate surface area is 191 Å². The molecule has 1 heterocycles. The summed E-state index contributed by atoms with van der Waals surface area (Å²) < 4.78 is 0. The molecule has 0 radical (unpaired) electrons. The first kappa shape index (κ1) is 25.1.